The number of hydrogen-bond acceptors (Lipinski definition) is 5. The lowest BCUT2D eigenvalue weighted by Crippen LogP contribution is -2.27. The molecule has 2 aromatic rings. The van der Waals surface area contributed by atoms with E-state index in [2.05, 4.69) is 15.3 Å². The van der Waals surface area contributed by atoms with Crippen molar-refractivity contribution in [3.05, 3.63) is 47.3 Å². The number of anilines is 2. The summed E-state index contributed by atoms with van der Waals surface area (Å²) in [6.07, 6.45) is -2.01. The van der Waals surface area contributed by atoms with E-state index in [0.717, 1.165) is 24.2 Å². The third-order valence-corrected chi connectivity index (χ3v) is 4.10. The first kappa shape index (κ1) is 17.0. The van der Waals surface area contributed by atoms with Crippen LogP contribution in [0.15, 0.2) is 30.5 Å². The maximum atomic E-state index is 12.8. The highest BCUT2D eigenvalue weighted by Crippen LogP contribution is 2.33. The van der Waals surface area contributed by atoms with Gasteiger partial charge in [-0.3, -0.25) is 0 Å². The van der Waals surface area contributed by atoms with E-state index in [1.54, 1.807) is 12.3 Å². The minimum absolute atomic E-state index is 0.0299. The summed E-state index contributed by atoms with van der Waals surface area (Å²) >= 11 is 0. The monoisotopic (exact) mass is 347 g/mol. The molecule has 0 radical (unpaired) electrons. The second kappa shape index (κ2) is 6.59. The van der Waals surface area contributed by atoms with E-state index in [0.29, 0.717) is 24.7 Å². The Kier molecular flexibility index (Phi) is 4.49. The maximum Gasteiger partial charge on any atom is 0.416 e. The maximum absolute atomic E-state index is 12.8. The Hall–Kier alpha value is -2.82. The lowest BCUT2D eigenvalue weighted by atomic mass is 10.1. The van der Waals surface area contributed by atoms with Crippen LogP contribution in [0.5, 0.6) is 0 Å². The molecular weight excluding hydrogens is 331 g/mol. The number of benzene rings is 1. The molecule has 5 nitrogen and oxygen atoms in total. The van der Waals surface area contributed by atoms with Crippen LogP contribution in [0.1, 0.15) is 23.2 Å². The lowest BCUT2D eigenvalue weighted by Gasteiger charge is -2.21. The molecule has 0 amide bonds. The Bertz CT molecular complexity index is 813. The predicted molar refractivity (Wildman–Crippen MR) is 87.2 cm³/mol. The Labute approximate surface area is 143 Å². The molecule has 0 bridgehead atoms. The molecule has 1 N–H and O–H groups in total. The van der Waals surface area contributed by atoms with Gasteiger partial charge in [-0.25, -0.2) is 9.97 Å². The van der Waals surface area contributed by atoms with Gasteiger partial charge in [-0.15, -0.1) is 0 Å². The first-order chi connectivity index (χ1) is 11.9. The first-order valence-corrected chi connectivity index (χ1v) is 7.79. The van der Waals surface area contributed by atoms with Gasteiger partial charge in [0.05, 0.1) is 16.8 Å². The lowest BCUT2D eigenvalue weighted by molar-refractivity contribution is -0.137. The van der Waals surface area contributed by atoms with Crippen LogP contribution in [0.25, 0.3) is 0 Å². The average molecular weight is 347 g/mol. The number of rotatable bonds is 3. The van der Waals surface area contributed by atoms with Crippen molar-refractivity contribution in [3.8, 4) is 6.07 Å². The molecular formula is C17H16F3N5. The van der Waals surface area contributed by atoms with Gasteiger partial charge < -0.3 is 10.2 Å². The zero-order chi connectivity index (χ0) is 18.0. The molecule has 1 saturated heterocycles. The van der Waals surface area contributed by atoms with Crippen molar-refractivity contribution in [2.75, 3.05) is 23.3 Å². The Balaban J connectivity index is 1.75. The number of hydrogen-bond donors (Lipinski definition) is 1. The highest BCUT2D eigenvalue weighted by Gasteiger charge is 2.32. The summed E-state index contributed by atoms with van der Waals surface area (Å²) in [5, 5.41) is 12.4. The van der Waals surface area contributed by atoms with Crippen LogP contribution >= 0.6 is 0 Å². The van der Waals surface area contributed by atoms with E-state index >= 15 is 0 Å². The van der Waals surface area contributed by atoms with Gasteiger partial charge in [0.15, 0.2) is 0 Å². The SMILES string of the molecule is Cc1ccnc(NC2CCN(c3ccc(C(F)(F)F)cc3C#N)C2)n1. The number of alkyl halides is 3. The molecule has 2 heterocycles. The Morgan fingerprint density at radius 1 is 1.32 bits per heavy atom. The van der Waals surface area contributed by atoms with Crippen molar-refractivity contribution < 1.29 is 13.2 Å². The smallest absolute Gasteiger partial charge is 0.368 e. The summed E-state index contributed by atoms with van der Waals surface area (Å²) < 4.78 is 38.4. The molecule has 1 unspecified atom stereocenters. The standard InChI is InChI=1S/C17H16F3N5/c1-11-4-6-22-16(23-11)24-14-5-7-25(10-14)15-3-2-13(17(18,19)20)8-12(15)9-21/h2-4,6,8,14H,5,7,10H2,1H3,(H,22,23,24). The van der Waals surface area contributed by atoms with Gasteiger partial charge in [0.2, 0.25) is 5.95 Å². The zero-order valence-electron chi connectivity index (χ0n) is 13.5. The average Bonchev–Trinajstić information content (AvgIpc) is 3.01. The number of halogens is 3. The Morgan fingerprint density at radius 3 is 2.80 bits per heavy atom. The first-order valence-electron chi connectivity index (χ1n) is 7.79. The van der Waals surface area contributed by atoms with Crippen LogP contribution in [-0.4, -0.2) is 29.1 Å². The molecule has 25 heavy (non-hydrogen) atoms. The highest BCUT2D eigenvalue weighted by atomic mass is 19.4. The van der Waals surface area contributed by atoms with E-state index in [4.69, 9.17) is 0 Å². The van der Waals surface area contributed by atoms with Crippen LogP contribution in [0.3, 0.4) is 0 Å². The molecule has 1 aromatic carbocycles. The van der Waals surface area contributed by atoms with Gasteiger partial charge in [-0.1, -0.05) is 0 Å². The van der Waals surface area contributed by atoms with Crippen LogP contribution in [-0.2, 0) is 6.18 Å². The van der Waals surface area contributed by atoms with Gasteiger partial charge >= 0.3 is 6.18 Å². The Morgan fingerprint density at radius 2 is 2.12 bits per heavy atom. The quantitative estimate of drug-likeness (QED) is 0.922. The van der Waals surface area contributed by atoms with Gasteiger partial charge in [-0.05, 0) is 37.6 Å². The normalized spacial score (nSPS) is 17.4. The van der Waals surface area contributed by atoms with Crippen molar-refractivity contribution in [3.63, 3.8) is 0 Å². The number of nitrogens with one attached hydrogen (secondary N) is 1. The summed E-state index contributed by atoms with van der Waals surface area (Å²) in [5.41, 5.74) is 0.587. The summed E-state index contributed by atoms with van der Waals surface area (Å²) in [5.74, 6) is 0.528. The van der Waals surface area contributed by atoms with E-state index in [9.17, 15) is 18.4 Å². The van der Waals surface area contributed by atoms with Crippen LogP contribution in [0.2, 0.25) is 0 Å². The van der Waals surface area contributed by atoms with Crippen LogP contribution < -0.4 is 10.2 Å². The fraction of sp³-hybridized carbons (Fsp3) is 0.353. The minimum atomic E-state index is -4.46. The predicted octanol–water partition coefficient (Wildman–Crippen LogP) is 3.37. The summed E-state index contributed by atoms with van der Waals surface area (Å²) in [6.45, 7) is 3.08. The number of aryl methyl sites for hydroxylation is 1. The number of nitriles is 1. The van der Waals surface area contributed by atoms with Crippen molar-refractivity contribution in [1.82, 2.24) is 9.97 Å². The summed E-state index contributed by atoms with van der Waals surface area (Å²) in [7, 11) is 0. The van der Waals surface area contributed by atoms with Gasteiger partial charge in [0.25, 0.3) is 0 Å². The molecule has 1 atom stereocenters. The van der Waals surface area contributed by atoms with Crippen molar-refractivity contribution in [2.24, 2.45) is 0 Å². The third kappa shape index (κ3) is 3.82. The molecule has 3 rings (SSSR count). The molecule has 130 valence electrons. The van der Waals surface area contributed by atoms with Crippen LogP contribution in [0, 0.1) is 18.3 Å². The van der Waals surface area contributed by atoms with E-state index in [1.165, 1.54) is 6.07 Å². The molecule has 1 aromatic heterocycles. The second-order valence-electron chi connectivity index (χ2n) is 5.94. The molecule has 1 fully saturated rings. The fourth-order valence-electron chi connectivity index (χ4n) is 2.88. The second-order valence-corrected chi connectivity index (χ2v) is 5.94. The third-order valence-electron chi connectivity index (χ3n) is 4.10. The van der Waals surface area contributed by atoms with Gasteiger partial charge in [-0.2, -0.15) is 18.4 Å². The molecule has 0 spiro atoms. The molecule has 0 saturated carbocycles. The topological polar surface area (TPSA) is 64.8 Å². The van der Waals surface area contributed by atoms with E-state index in [-0.39, 0.29) is 11.6 Å². The summed E-state index contributed by atoms with van der Waals surface area (Å²) in [6, 6.07) is 7.02. The molecule has 1 aliphatic heterocycles. The minimum Gasteiger partial charge on any atom is -0.368 e. The molecule has 8 heteroatoms. The van der Waals surface area contributed by atoms with E-state index < -0.39 is 11.7 Å². The van der Waals surface area contributed by atoms with Crippen molar-refractivity contribution >= 4 is 11.6 Å². The number of nitrogens with zero attached hydrogens (tertiary/aromatic N) is 4. The zero-order valence-corrected chi connectivity index (χ0v) is 13.5. The van der Waals surface area contributed by atoms with Crippen LogP contribution in [0.4, 0.5) is 24.8 Å². The number of aromatic nitrogens is 2. The fourth-order valence-corrected chi connectivity index (χ4v) is 2.88. The molecule has 0 aliphatic carbocycles. The molecule has 1 aliphatic rings. The highest BCUT2D eigenvalue weighted by molar-refractivity contribution is 5.61. The van der Waals surface area contributed by atoms with Gasteiger partial charge in [0, 0.05) is 31.0 Å². The van der Waals surface area contributed by atoms with Gasteiger partial charge in [0.1, 0.15) is 6.07 Å². The van der Waals surface area contributed by atoms with E-state index in [1.807, 2.05) is 17.9 Å². The van der Waals surface area contributed by atoms with Crippen molar-refractivity contribution in [2.45, 2.75) is 25.6 Å². The van der Waals surface area contributed by atoms with Crippen molar-refractivity contribution in [1.29, 1.82) is 5.26 Å². The largest absolute Gasteiger partial charge is 0.416 e. The summed E-state index contributed by atoms with van der Waals surface area (Å²) in [4.78, 5) is 10.4.